The third-order valence-corrected chi connectivity index (χ3v) is 6.03. The van der Waals surface area contributed by atoms with Crippen LogP contribution in [0.2, 0.25) is 0 Å². The normalized spacial score (nSPS) is 21.4. The Balaban J connectivity index is 2.52. The zero-order valence-corrected chi connectivity index (χ0v) is 11.2. The first-order valence-electron chi connectivity index (χ1n) is 5.74. The number of rotatable bonds is 3. The molecular weight excluding hydrogens is 191 g/mol. The molecule has 0 saturated carbocycles. The highest BCUT2D eigenvalue weighted by Gasteiger charge is 2.26. The zero-order valence-electron chi connectivity index (χ0n) is 10.3. The molecule has 3 heteroatoms. The standard InChI is InChI=1S/C11H25N2P/c1-10(2)14(11(3)4)13-8-6-12(5)7-9-13/h10-11H,6-9H2,1-5H3. The lowest BCUT2D eigenvalue weighted by molar-refractivity contribution is 0.227. The second-order valence-corrected chi connectivity index (χ2v) is 8.22. The molecule has 0 aliphatic carbocycles. The van der Waals surface area contributed by atoms with Gasteiger partial charge < -0.3 is 4.90 Å². The predicted octanol–water partition coefficient (Wildman–Crippen LogP) is 2.45. The van der Waals surface area contributed by atoms with Gasteiger partial charge in [-0.1, -0.05) is 27.7 Å². The topological polar surface area (TPSA) is 6.48 Å². The van der Waals surface area contributed by atoms with Crippen LogP contribution in [0.15, 0.2) is 0 Å². The van der Waals surface area contributed by atoms with Crippen molar-refractivity contribution in [3.8, 4) is 0 Å². The summed E-state index contributed by atoms with van der Waals surface area (Å²) in [6.45, 7) is 14.6. The fourth-order valence-electron chi connectivity index (χ4n) is 2.28. The van der Waals surface area contributed by atoms with Crippen molar-refractivity contribution in [3.63, 3.8) is 0 Å². The van der Waals surface area contributed by atoms with Gasteiger partial charge in [-0.05, 0) is 26.4 Å². The number of hydrogen-bond donors (Lipinski definition) is 0. The predicted molar refractivity (Wildman–Crippen MR) is 66.3 cm³/mol. The first kappa shape index (κ1) is 12.4. The molecule has 1 heterocycles. The highest BCUT2D eigenvalue weighted by Crippen LogP contribution is 2.49. The second-order valence-electron chi connectivity index (χ2n) is 4.82. The van der Waals surface area contributed by atoms with Gasteiger partial charge in [-0.2, -0.15) is 0 Å². The Morgan fingerprint density at radius 3 is 1.64 bits per heavy atom. The summed E-state index contributed by atoms with van der Waals surface area (Å²) in [6.07, 6.45) is 0. The zero-order chi connectivity index (χ0) is 10.7. The van der Waals surface area contributed by atoms with Crippen LogP contribution in [-0.2, 0) is 0 Å². The average Bonchev–Trinajstić information content (AvgIpc) is 2.07. The van der Waals surface area contributed by atoms with E-state index in [-0.39, 0.29) is 8.07 Å². The lowest BCUT2D eigenvalue weighted by Crippen LogP contribution is -2.43. The quantitative estimate of drug-likeness (QED) is 0.669. The van der Waals surface area contributed by atoms with E-state index in [9.17, 15) is 0 Å². The van der Waals surface area contributed by atoms with Crippen molar-refractivity contribution < 1.29 is 0 Å². The second kappa shape index (κ2) is 5.44. The molecule has 1 aliphatic rings. The van der Waals surface area contributed by atoms with Gasteiger partial charge in [0.25, 0.3) is 0 Å². The summed E-state index contributed by atoms with van der Waals surface area (Å²) in [4.78, 5) is 2.44. The number of likely N-dealkylation sites (N-methyl/N-ethyl adjacent to an activating group) is 1. The highest BCUT2D eigenvalue weighted by molar-refractivity contribution is 7.56. The summed E-state index contributed by atoms with van der Waals surface area (Å²) in [5.74, 6) is 0. The number of hydrogen-bond acceptors (Lipinski definition) is 2. The van der Waals surface area contributed by atoms with Crippen LogP contribution in [0.4, 0.5) is 0 Å². The van der Waals surface area contributed by atoms with Crippen LogP contribution in [0.1, 0.15) is 27.7 Å². The Kier molecular flexibility index (Phi) is 4.82. The van der Waals surface area contributed by atoms with Gasteiger partial charge in [0.15, 0.2) is 0 Å². The van der Waals surface area contributed by atoms with Crippen molar-refractivity contribution in [1.29, 1.82) is 0 Å². The highest BCUT2D eigenvalue weighted by atomic mass is 31.1. The van der Waals surface area contributed by atoms with E-state index in [1.807, 2.05) is 0 Å². The van der Waals surface area contributed by atoms with E-state index in [0.29, 0.717) is 0 Å². The molecule has 1 fully saturated rings. The third kappa shape index (κ3) is 3.18. The first-order valence-corrected chi connectivity index (χ1v) is 7.17. The molecule has 0 aromatic heterocycles. The summed E-state index contributed by atoms with van der Waals surface area (Å²) in [7, 11) is 2.32. The van der Waals surface area contributed by atoms with Crippen LogP contribution in [-0.4, -0.2) is 54.1 Å². The van der Waals surface area contributed by atoms with Crippen molar-refractivity contribution in [2.24, 2.45) is 0 Å². The van der Waals surface area contributed by atoms with Crippen LogP contribution in [0.5, 0.6) is 0 Å². The Bertz CT molecular complexity index is 155. The fraction of sp³-hybridized carbons (Fsp3) is 1.00. The maximum absolute atomic E-state index is 2.74. The summed E-state index contributed by atoms with van der Waals surface area (Å²) in [5, 5.41) is 0. The monoisotopic (exact) mass is 216 g/mol. The number of nitrogens with zero attached hydrogens (tertiary/aromatic N) is 2. The van der Waals surface area contributed by atoms with Gasteiger partial charge >= 0.3 is 0 Å². The van der Waals surface area contributed by atoms with Gasteiger partial charge in [-0.25, -0.2) is 0 Å². The molecule has 1 saturated heterocycles. The molecule has 0 atom stereocenters. The maximum Gasteiger partial charge on any atom is 0.0150 e. The molecule has 1 rings (SSSR count). The minimum absolute atomic E-state index is 0.0908. The van der Waals surface area contributed by atoms with Crippen molar-refractivity contribution in [3.05, 3.63) is 0 Å². The lowest BCUT2D eigenvalue weighted by Gasteiger charge is -2.41. The molecule has 0 N–H and O–H groups in total. The lowest BCUT2D eigenvalue weighted by atomic mass is 10.4. The summed E-state index contributed by atoms with van der Waals surface area (Å²) >= 11 is 0. The van der Waals surface area contributed by atoms with Gasteiger partial charge in [0, 0.05) is 26.2 Å². The van der Waals surface area contributed by atoms with E-state index >= 15 is 0 Å². The molecule has 0 unspecified atom stereocenters. The maximum atomic E-state index is 2.74. The van der Waals surface area contributed by atoms with Crippen LogP contribution in [0.3, 0.4) is 0 Å². The van der Waals surface area contributed by atoms with Gasteiger partial charge in [-0.15, -0.1) is 0 Å². The Labute approximate surface area is 90.5 Å². The van der Waals surface area contributed by atoms with Crippen LogP contribution >= 0.6 is 8.07 Å². The minimum atomic E-state index is 0.0908. The first-order chi connectivity index (χ1) is 6.52. The fourth-order valence-corrected chi connectivity index (χ4v) is 5.42. The smallest absolute Gasteiger partial charge is 0.0150 e. The molecule has 14 heavy (non-hydrogen) atoms. The molecule has 0 aromatic rings. The molecule has 2 nitrogen and oxygen atoms in total. The summed E-state index contributed by atoms with van der Waals surface area (Å²) < 4.78 is 2.74. The SMILES string of the molecule is CC(C)P(C(C)C)N1CCN(C)CC1. The van der Waals surface area contributed by atoms with E-state index in [4.69, 9.17) is 0 Å². The van der Waals surface area contributed by atoms with Crippen molar-refractivity contribution in [2.45, 2.75) is 39.0 Å². The van der Waals surface area contributed by atoms with Gasteiger partial charge in [0.1, 0.15) is 0 Å². The molecule has 1 aliphatic heterocycles. The van der Waals surface area contributed by atoms with Gasteiger partial charge in [0.2, 0.25) is 0 Å². The molecule has 84 valence electrons. The Hall–Kier alpha value is 0.350. The van der Waals surface area contributed by atoms with Crippen LogP contribution < -0.4 is 0 Å². The average molecular weight is 216 g/mol. The van der Waals surface area contributed by atoms with E-state index in [1.165, 1.54) is 26.2 Å². The molecule has 0 bridgehead atoms. The van der Waals surface area contributed by atoms with Gasteiger partial charge in [-0.3, -0.25) is 4.67 Å². The van der Waals surface area contributed by atoms with E-state index in [0.717, 1.165) is 11.3 Å². The summed E-state index contributed by atoms with van der Waals surface area (Å²) in [5.41, 5.74) is 1.68. The van der Waals surface area contributed by atoms with Gasteiger partial charge in [0.05, 0.1) is 0 Å². The van der Waals surface area contributed by atoms with Crippen LogP contribution in [0.25, 0.3) is 0 Å². The van der Waals surface area contributed by atoms with Crippen molar-refractivity contribution in [2.75, 3.05) is 33.2 Å². The van der Waals surface area contributed by atoms with E-state index in [1.54, 1.807) is 0 Å². The third-order valence-electron chi connectivity index (χ3n) is 2.86. The minimum Gasteiger partial charge on any atom is -0.304 e. The molecule has 0 radical (unpaired) electrons. The molecular formula is C11H25N2P. The van der Waals surface area contributed by atoms with E-state index < -0.39 is 0 Å². The molecule has 0 aromatic carbocycles. The number of piperazine rings is 1. The summed E-state index contributed by atoms with van der Waals surface area (Å²) in [6, 6.07) is 0. The van der Waals surface area contributed by atoms with Crippen molar-refractivity contribution in [1.82, 2.24) is 9.57 Å². The molecule has 0 spiro atoms. The van der Waals surface area contributed by atoms with Crippen LogP contribution in [0, 0.1) is 0 Å². The Morgan fingerprint density at radius 2 is 1.29 bits per heavy atom. The Morgan fingerprint density at radius 1 is 0.857 bits per heavy atom. The largest absolute Gasteiger partial charge is 0.304 e. The van der Waals surface area contributed by atoms with Crippen molar-refractivity contribution >= 4 is 8.07 Å². The van der Waals surface area contributed by atoms with E-state index in [2.05, 4.69) is 44.3 Å². The molecule has 0 amide bonds.